The molecule has 0 bridgehead atoms. The van der Waals surface area contributed by atoms with E-state index in [4.69, 9.17) is 0 Å². The molecule has 1 atom stereocenters. The maximum atomic E-state index is 3.12. The molecule has 0 aliphatic heterocycles. The zero-order valence-electron chi connectivity index (χ0n) is 9.53. The molecular formula is C13H24. The van der Waals surface area contributed by atoms with Gasteiger partial charge in [0.25, 0.3) is 0 Å². The van der Waals surface area contributed by atoms with Crippen molar-refractivity contribution in [2.45, 2.75) is 65.7 Å². The lowest BCUT2D eigenvalue weighted by Gasteiger charge is -2.08. The van der Waals surface area contributed by atoms with Crippen LogP contribution in [-0.4, -0.2) is 0 Å². The molecule has 0 aromatic rings. The van der Waals surface area contributed by atoms with Crippen LogP contribution in [0.5, 0.6) is 0 Å². The summed E-state index contributed by atoms with van der Waals surface area (Å²) >= 11 is 0. The van der Waals surface area contributed by atoms with Gasteiger partial charge >= 0.3 is 0 Å². The van der Waals surface area contributed by atoms with E-state index in [1.165, 1.54) is 38.5 Å². The number of hydrogen-bond donors (Lipinski definition) is 0. The maximum Gasteiger partial charge on any atom is 0.00886 e. The van der Waals surface area contributed by atoms with Crippen molar-refractivity contribution in [2.75, 3.05) is 0 Å². The van der Waals surface area contributed by atoms with Crippen LogP contribution in [0.4, 0.5) is 0 Å². The fourth-order valence-electron chi connectivity index (χ4n) is 1.55. The Kier molecular flexibility index (Phi) is 9.32. The van der Waals surface area contributed by atoms with E-state index >= 15 is 0 Å². The second-order valence-corrected chi connectivity index (χ2v) is 3.92. The van der Waals surface area contributed by atoms with Gasteiger partial charge in [-0.1, -0.05) is 39.5 Å². The molecule has 0 saturated carbocycles. The van der Waals surface area contributed by atoms with Gasteiger partial charge in [-0.15, -0.1) is 11.8 Å². The van der Waals surface area contributed by atoms with E-state index in [1.54, 1.807) is 0 Å². The summed E-state index contributed by atoms with van der Waals surface area (Å²) in [6.07, 6.45) is 9.30. The van der Waals surface area contributed by atoms with Crippen molar-refractivity contribution in [1.82, 2.24) is 0 Å². The van der Waals surface area contributed by atoms with Crippen LogP contribution >= 0.6 is 0 Å². The molecule has 0 nitrogen and oxygen atoms in total. The zero-order chi connectivity index (χ0) is 9.94. The van der Waals surface area contributed by atoms with Gasteiger partial charge in [-0.05, 0) is 25.7 Å². The van der Waals surface area contributed by atoms with Gasteiger partial charge in [0.05, 0.1) is 0 Å². The Labute approximate surface area is 84.1 Å². The Bertz CT molecular complexity index is 147. The van der Waals surface area contributed by atoms with E-state index in [0.717, 1.165) is 12.3 Å². The molecule has 0 aromatic heterocycles. The minimum Gasteiger partial charge on any atom is -0.107 e. The molecule has 0 aliphatic carbocycles. The fourth-order valence-corrected chi connectivity index (χ4v) is 1.55. The van der Waals surface area contributed by atoms with Gasteiger partial charge in [0.2, 0.25) is 0 Å². The minimum atomic E-state index is 0.908. The summed E-state index contributed by atoms with van der Waals surface area (Å²) in [5, 5.41) is 0. The van der Waals surface area contributed by atoms with Crippen LogP contribution < -0.4 is 0 Å². The first kappa shape index (κ1) is 12.6. The zero-order valence-corrected chi connectivity index (χ0v) is 9.53. The predicted molar refractivity (Wildman–Crippen MR) is 60.6 cm³/mol. The van der Waals surface area contributed by atoms with Gasteiger partial charge in [-0.3, -0.25) is 0 Å². The second-order valence-electron chi connectivity index (χ2n) is 3.92. The lowest BCUT2D eigenvalue weighted by atomic mass is 9.97. The summed E-state index contributed by atoms with van der Waals surface area (Å²) in [5.41, 5.74) is 0. The molecule has 0 heterocycles. The number of unbranched alkanes of at least 4 members (excludes halogenated alkanes) is 3. The quantitative estimate of drug-likeness (QED) is 0.402. The molecule has 0 rings (SSSR count). The standard InChI is InChI=1S/C13H24/c1-4-6-8-10-12-13(3)11-9-7-5-2/h13H,5,7-12H2,1-3H3. The van der Waals surface area contributed by atoms with Crippen molar-refractivity contribution in [3.8, 4) is 11.8 Å². The second kappa shape index (κ2) is 9.65. The minimum absolute atomic E-state index is 0.908. The highest BCUT2D eigenvalue weighted by molar-refractivity contribution is 4.94. The first-order valence-corrected chi connectivity index (χ1v) is 5.70. The molecule has 76 valence electrons. The Morgan fingerprint density at radius 2 is 1.77 bits per heavy atom. The van der Waals surface area contributed by atoms with E-state index in [-0.39, 0.29) is 0 Å². The van der Waals surface area contributed by atoms with Crippen LogP contribution in [0.25, 0.3) is 0 Å². The SMILES string of the molecule is CC#CCCCC(C)CCCCC. The van der Waals surface area contributed by atoms with E-state index in [0.29, 0.717) is 0 Å². The molecule has 1 unspecified atom stereocenters. The Morgan fingerprint density at radius 3 is 2.38 bits per heavy atom. The molecule has 0 saturated heterocycles. The molecule has 0 amide bonds. The fraction of sp³-hybridized carbons (Fsp3) is 0.846. The molecule has 0 N–H and O–H groups in total. The smallest absolute Gasteiger partial charge is 0.00886 e. The summed E-state index contributed by atoms with van der Waals surface area (Å²) in [7, 11) is 0. The molecule has 0 radical (unpaired) electrons. The van der Waals surface area contributed by atoms with E-state index in [9.17, 15) is 0 Å². The van der Waals surface area contributed by atoms with Crippen LogP contribution in [0.2, 0.25) is 0 Å². The maximum absolute atomic E-state index is 3.12. The summed E-state index contributed by atoms with van der Waals surface area (Å²) in [6, 6.07) is 0. The Balaban J connectivity index is 3.17. The van der Waals surface area contributed by atoms with E-state index in [2.05, 4.69) is 25.7 Å². The highest BCUT2D eigenvalue weighted by atomic mass is 14.1. The van der Waals surface area contributed by atoms with Crippen LogP contribution in [0.1, 0.15) is 65.7 Å². The predicted octanol–water partition coefficient (Wildman–Crippen LogP) is 4.40. The summed E-state index contributed by atoms with van der Waals surface area (Å²) in [6.45, 7) is 6.56. The molecule has 0 aliphatic rings. The summed E-state index contributed by atoms with van der Waals surface area (Å²) in [5.74, 6) is 6.97. The normalized spacial score (nSPS) is 11.9. The monoisotopic (exact) mass is 180 g/mol. The van der Waals surface area contributed by atoms with Crippen LogP contribution in [-0.2, 0) is 0 Å². The number of rotatable bonds is 7. The molecule has 0 fully saturated rings. The lowest BCUT2D eigenvalue weighted by Crippen LogP contribution is -1.94. The van der Waals surface area contributed by atoms with Gasteiger partial charge in [-0.2, -0.15) is 0 Å². The van der Waals surface area contributed by atoms with Crippen LogP contribution in [0.15, 0.2) is 0 Å². The van der Waals surface area contributed by atoms with Crippen molar-refractivity contribution < 1.29 is 0 Å². The van der Waals surface area contributed by atoms with E-state index < -0.39 is 0 Å². The molecule has 0 spiro atoms. The van der Waals surface area contributed by atoms with Crippen molar-refractivity contribution >= 4 is 0 Å². The van der Waals surface area contributed by atoms with Gasteiger partial charge < -0.3 is 0 Å². The Morgan fingerprint density at radius 1 is 1.08 bits per heavy atom. The van der Waals surface area contributed by atoms with Crippen molar-refractivity contribution in [2.24, 2.45) is 5.92 Å². The molecular weight excluding hydrogens is 156 g/mol. The van der Waals surface area contributed by atoms with Crippen LogP contribution in [0.3, 0.4) is 0 Å². The average molecular weight is 180 g/mol. The first-order valence-electron chi connectivity index (χ1n) is 5.70. The van der Waals surface area contributed by atoms with Gasteiger partial charge in [-0.25, -0.2) is 0 Å². The third kappa shape index (κ3) is 9.47. The molecule has 13 heavy (non-hydrogen) atoms. The molecule has 0 heteroatoms. The van der Waals surface area contributed by atoms with Crippen molar-refractivity contribution in [3.05, 3.63) is 0 Å². The largest absolute Gasteiger partial charge is 0.107 e. The number of hydrogen-bond acceptors (Lipinski definition) is 0. The van der Waals surface area contributed by atoms with E-state index in [1.807, 2.05) is 6.92 Å². The van der Waals surface area contributed by atoms with Crippen LogP contribution in [0, 0.1) is 17.8 Å². The van der Waals surface area contributed by atoms with Gasteiger partial charge in [0.1, 0.15) is 0 Å². The third-order valence-electron chi connectivity index (χ3n) is 2.48. The first-order chi connectivity index (χ1) is 6.31. The highest BCUT2D eigenvalue weighted by Crippen LogP contribution is 2.15. The Hall–Kier alpha value is -0.440. The third-order valence-corrected chi connectivity index (χ3v) is 2.48. The van der Waals surface area contributed by atoms with Crippen molar-refractivity contribution in [3.63, 3.8) is 0 Å². The summed E-state index contributed by atoms with van der Waals surface area (Å²) in [4.78, 5) is 0. The van der Waals surface area contributed by atoms with Gasteiger partial charge in [0, 0.05) is 6.42 Å². The average Bonchev–Trinajstić information content (AvgIpc) is 2.13. The van der Waals surface area contributed by atoms with Gasteiger partial charge in [0.15, 0.2) is 0 Å². The lowest BCUT2D eigenvalue weighted by molar-refractivity contribution is 0.453. The summed E-state index contributed by atoms with van der Waals surface area (Å²) < 4.78 is 0. The molecule has 0 aromatic carbocycles. The van der Waals surface area contributed by atoms with Crippen molar-refractivity contribution in [1.29, 1.82) is 0 Å². The highest BCUT2D eigenvalue weighted by Gasteiger charge is 2.00. The topological polar surface area (TPSA) is 0 Å².